The summed E-state index contributed by atoms with van der Waals surface area (Å²) < 4.78 is 0. The normalized spacial score (nSPS) is 28.6. The maximum Gasteiger partial charge on any atom is 0.0595 e. The number of fused-ring (bicyclic) bond motifs is 1. The summed E-state index contributed by atoms with van der Waals surface area (Å²) in [6, 6.07) is 7.36. The molecule has 2 aliphatic rings. The molecule has 104 valence electrons. The van der Waals surface area contributed by atoms with Gasteiger partial charge in [0.05, 0.1) is 10.0 Å². The standard InChI is InChI=1S/C15H20Cl2N2/c1-11-15-3-2-6-18(15)7-8-19(11)10-12-4-5-13(16)14(17)9-12/h4-5,9,11,15H,2-3,6-8,10H2,1H3/t11-,15-/m1/s1. The predicted molar refractivity (Wildman–Crippen MR) is 80.9 cm³/mol. The molecule has 2 atom stereocenters. The molecule has 1 aromatic carbocycles. The van der Waals surface area contributed by atoms with Crippen molar-refractivity contribution >= 4 is 23.2 Å². The van der Waals surface area contributed by atoms with Crippen LogP contribution in [0.2, 0.25) is 10.0 Å². The van der Waals surface area contributed by atoms with Crippen molar-refractivity contribution in [1.82, 2.24) is 9.80 Å². The van der Waals surface area contributed by atoms with Crippen LogP contribution in [0.3, 0.4) is 0 Å². The molecular weight excluding hydrogens is 279 g/mol. The van der Waals surface area contributed by atoms with Gasteiger partial charge in [0.1, 0.15) is 0 Å². The molecule has 2 fully saturated rings. The van der Waals surface area contributed by atoms with Crippen LogP contribution in [0.15, 0.2) is 18.2 Å². The van der Waals surface area contributed by atoms with Gasteiger partial charge in [-0.25, -0.2) is 0 Å². The number of hydrogen-bond acceptors (Lipinski definition) is 2. The lowest BCUT2D eigenvalue weighted by atomic mass is 10.0. The molecule has 0 amide bonds. The van der Waals surface area contributed by atoms with Gasteiger partial charge in [-0.3, -0.25) is 9.80 Å². The van der Waals surface area contributed by atoms with Gasteiger partial charge in [0.2, 0.25) is 0 Å². The zero-order valence-corrected chi connectivity index (χ0v) is 12.8. The molecule has 0 radical (unpaired) electrons. The molecule has 2 saturated heterocycles. The Labute approximate surface area is 125 Å². The molecule has 0 saturated carbocycles. The Bertz CT molecular complexity index is 463. The van der Waals surface area contributed by atoms with Crippen molar-refractivity contribution in [2.45, 2.75) is 38.4 Å². The van der Waals surface area contributed by atoms with Gasteiger partial charge in [0.15, 0.2) is 0 Å². The largest absolute Gasteiger partial charge is 0.298 e. The van der Waals surface area contributed by atoms with Crippen molar-refractivity contribution in [3.05, 3.63) is 33.8 Å². The van der Waals surface area contributed by atoms with E-state index in [1.54, 1.807) is 0 Å². The second-order valence-corrected chi connectivity index (χ2v) is 6.52. The van der Waals surface area contributed by atoms with Gasteiger partial charge >= 0.3 is 0 Å². The minimum Gasteiger partial charge on any atom is -0.298 e. The maximum absolute atomic E-state index is 6.10. The van der Waals surface area contributed by atoms with E-state index in [4.69, 9.17) is 23.2 Å². The van der Waals surface area contributed by atoms with Crippen LogP contribution in [0, 0.1) is 0 Å². The minimum atomic E-state index is 0.630. The second kappa shape index (κ2) is 5.61. The molecular formula is C15H20Cl2N2. The Hall–Kier alpha value is -0.280. The van der Waals surface area contributed by atoms with Crippen molar-refractivity contribution in [3.63, 3.8) is 0 Å². The number of hydrogen-bond donors (Lipinski definition) is 0. The number of rotatable bonds is 2. The van der Waals surface area contributed by atoms with Gasteiger partial charge in [0, 0.05) is 31.7 Å². The monoisotopic (exact) mass is 298 g/mol. The average Bonchev–Trinajstić information content (AvgIpc) is 2.86. The fraction of sp³-hybridized carbons (Fsp3) is 0.600. The van der Waals surface area contributed by atoms with Gasteiger partial charge in [-0.05, 0) is 44.0 Å². The van der Waals surface area contributed by atoms with E-state index < -0.39 is 0 Å². The first-order valence-electron chi connectivity index (χ1n) is 7.07. The van der Waals surface area contributed by atoms with Crippen molar-refractivity contribution in [2.75, 3.05) is 19.6 Å². The molecule has 0 N–H and O–H groups in total. The predicted octanol–water partition coefficient (Wildman–Crippen LogP) is 3.66. The third-order valence-corrected chi connectivity index (χ3v) is 5.33. The van der Waals surface area contributed by atoms with Crippen LogP contribution in [0.1, 0.15) is 25.3 Å². The summed E-state index contributed by atoms with van der Waals surface area (Å²) in [6.07, 6.45) is 2.70. The van der Waals surface area contributed by atoms with Crippen LogP contribution >= 0.6 is 23.2 Å². The fourth-order valence-corrected chi connectivity index (χ4v) is 3.80. The maximum atomic E-state index is 6.10. The van der Waals surface area contributed by atoms with E-state index in [0.29, 0.717) is 16.1 Å². The lowest BCUT2D eigenvalue weighted by Crippen LogP contribution is -2.55. The Morgan fingerprint density at radius 1 is 1.16 bits per heavy atom. The van der Waals surface area contributed by atoms with E-state index >= 15 is 0 Å². The molecule has 0 bridgehead atoms. The zero-order chi connectivity index (χ0) is 13.4. The molecule has 0 unspecified atom stereocenters. The van der Waals surface area contributed by atoms with Gasteiger partial charge in [0.25, 0.3) is 0 Å². The van der Waals surface area contributed by atoms with Crippen LogP contribution in [-0.2, 0) is 6.54 Å². The van der Waals surface area contributed by atoms with E-state index in [2.05, 4.69) is 22.8 Å². The number of piperazine rings is 1. The molecule has 19 heavy (non-hydrogen) atoms. The molecule has 4 heteroatoms. The van der Waals surface area contributed by atoms with Crippen molar-refractivity contribution in [1.29, 1.82) is 0 Å². The van der Waals surface area contributed by atoms with E-state index in [0.717, 1.165) is 19.1 Å². The summed E-state index contributed by atoms with van der Waals surface area (Å²) in [5, 5.41) is 1.30. The lowest BCUT2D eigenvalue weighted by Gasteiger charge is -2.43. The van der Waals surface area contributed by atoms with E-state index in [1.807, 2.05) is 12.1 Å². The van der Waals surface area contributed by atoms with Crippen molar-refractivity contribution < 1.29 is 0 Å². The Kier molecular flexibility index (Phi) is 4.04. The summed E-state index contributed by atoms with van der Waals surface area (Å²) in [7, 11) is 0. The van der Waals surface area contributed by atoms with Crippen LogP contribution in [-0.4, -0.2) is 41.5 Å². The first kappa shape index (κ1) is 13.7. The van der Waals surface area contributed by atoms with Crippen LogP contribution in [0.4, 0.5) is 0 Å². The molecule has 0 spiro atoms. The summed E-state index contributed by atoms with van der Waals surface area (Å²) in [4.78, 5) is 5.22. The second-order valence-electron chi connectivity index (χ2n) is 5.71. The zero-order valence-electron chi connectivity index (χ0n) is 11.3. The molecule has 2 aliphatic heterocycles. The Morgan fingerprint density at radius 3 is 2.79 bits per heavy atom. The SMILES string of the molecule is C[C@@H]1[C@H]2CCCN2CCN1Cc1ccc(Cl)c(Cl)c1. The summed E-state index contributed by atoms with van der Waals surface area (Å²) in [5.41, 5.74) is 1.26. The molecule has 2 nitrogen and oxygen atoms in total. The highest BCUT2D eigenvalue weighted by Gasteiger charge is 2.36. The summed E-state index contributed by atoms with van der Waals surface area (Å²) in [6.45, 7) is 6.98. The average molecular weight is 299 g/mol. The highest BCUT2D eigenvalue weighted by Crippen LogP contribution is 2.29. The fourth-order valence-electron chi connectivity index (χ4n) is 3.48. The third kappa shape index (κ3) is 2.78. The molecule has 2 heterocycles. The molecule has 0 aromatic heterocycles. The van der Waals surface area contributed by atoms with E-state index in [1.165, 1.54) is 31.5 Å². The Morgan fingerprint density at radius 2 is 2.00 bits per heavy atom. The number of nitrogens with zero attached hydrogens (tertiary/aromatic N) is 2. The van der Waals surface area contributed by atoms with E-state index in [-0.39, 0.29) is 0 Å². The third-order valence-electron chi connectivity index (χ3n) is 4.59. The first-order chi connectivity index (χ1) is 9.15. The smallest absolute Gasteiger partial charge is 0.0595 e. The van der Waals surface area contributed by atoms with Gasteiger partial charge in [-0.1, -0.05) is 29.3 Å². The van der Waals surface area contributed by atoms with Crippen LogP contribution < -0.4 is 0 Å². The molecule has 1 aromatic rings. The van der Waals surface area contributed by atoms with Gasteiger partial charge < -0.3 is 0 Å². The lowest BCUT2D eigenvalue weighted by molar-refractivity contribution is 0.0470. The topological polar surface area (TPSA) is 6.48 Å². The number of halogens is 2. The molecule has 3 rings (SSSR count). The van der Waals surface area contributed by atoms with Crippen LogP contribution in [0.25, 0.3) is 0 Å². The highest BCUT2D eigenvalue weighted by atomic mass is 35.5. The van der Waals surface area contributed by atoms with Gasteiger partial charge in [-0.15, -0.1) is 0 Å². The Balaban J connectivity index is 1.70. The number of benzene rings is 1. The van der Waals surface area contributed by atoms with Gasteiger partial charge in [-0.2, -0.15) is 0 Å². The van der Waals surface area contributed by atoms with Crippen molar-refractivity contribution in [3.8, 4) is 0 Å². The van der Waals surface area contributed by atoms with E-state index in [9.17, 15) is 0 Å². The van der Waals surface area contributed by atoms with Crippen LogP contribution in [0.5, 0.6) is 0 Å². The first-order valence-corrected chi connectivity index (χ1v) is 7.83. The summed E-state index contributed by atoms with van der Waals surface area (Å²) >= 11 is 12.1. The van der Waals surface area contributed by atoms with Crippen molar-refractivity contribution in [2.24, 2.45) is 0 Å². The highest BCUT2D eigenvalue weighted by molar-refractivity contribution is 6.42. The summed E-state index contributed by atoms with van der Waals surface area (Å²) in [5.74, 6) is 0. The minimum absolute atomic E-state index is 0.630. The molecule has 0 aliphatic carbocycles. The quantitative estimate of drug-likeness (QED) is 0.822.